The molecule has 13 heavy (non-hydrogen) atoms. The summed E-state index contributed by atoms with van der Waals surface area (Å²) in [5, 5.41) is 3.96. The van der Waals surface area contributed by atoms with E-state index in [0.717, 1.165) is 5.69 Å². The number of methoxy groups -OCH3 is 1. The van der Waals surface area contributed by atoms with Gasteiger partial charge in [0, 0.05) is 13.2 Å². The van der Waals surface area contributed by atoms with Crippen LogP contribution in [0.3, 0.4) is 0 Å². The summed E-state index contributed by atoms with van der Waals surface area (Å²) in [5.74, 6) is -0.311. The van der Waals surface area contributed by atoms with E-state index in [-0.39, 0.29) is 18.4 Å². The van der Waals surface area contributed by atoms with Crippen LogP contribution >= 0.6 is 0 Å². The highest BCUT2D eigenvalue weighted by molar-refractivity contribution is 5.70. The first-order valence-electron chi connectivity index (χ1n) is 3.95. The molecule has 1 unspecified atom stereocenters. The Morgan fingerprint density at radius 1 is 1.85 bits per heavy atom. The first-order valence-corrected chi connectivity index (χ1v) is 3.95. The number of hydrogen-bond donors (Lipinski definition) is 1. The molecule has 5 nitrogen and oxygen atoms in total. The molecular formula is C8H13N3O2. The molecule has 1 rings (SSSR count). The van der Waals surface area contributed by atoms with Crippen LogP contribution in [-0.4, -0.2) is 22.9 Å². The van der Waals surface area contributed by atoms with Gasteiger partial charge in [-0.15, -0.1) is 0 Å². The molecule has 1 aromatic heterocycles. The quantitative estimate of drug-likeness (QED) is 0.669. The summed E-state index contributed by atoms with van der Waals surface area (Å²) in [6.45, 7) is 0. The lowest BCUT2D eigenvalue weighted by atomic mass is 10.1. The molecule has 0 spiro atoms. The first kappa shape index (κ1) is 9.73. The largest absolute Gasteiger partial charge is 0.469 e. The van der Waals surface area contributed by atoms with Gasteiger partial charge in [-0.05, 0) is 6.07 Å². The normalized spacial score (nSPS) is 12.5. The number of aromatic nitrogens is 2. The van der Waals surface area contributed by atoms with E-state index in [4.69, 9.17) is 5.73 Å². The summed E-state index contributed by atoms with van der Waals surface area (Å²) in [7, 11) is 3.13. The van der Waals surface area contributed by atoms with Crippen molar-refractivity contribution in [1.82, 2.24) is 9.78 Å². The molecule has 0 saturated carbocycles. The topological polar surface area (TPSA) is 70.1 Å². The molecule has 1 aromatic rings. The van der Waals surface area contributed by atoms with Gasteiger partial charge < -0.3 is 10.5 Å². The molecule has 1 heterocycles. The van der Waals surface area contributed by atoms with Crippen LogP contribution in [0.2, 0.25) is 0 Å². The lowest BCUT2D eigenvalue weighted by Crippen LogP contribution is -2.19. The number of hydrogen-bond acceptors (Lipinski definition) is 4. The zero-order valence-corrected chi connectivity index (χ0v) is 7.73. The van der Waals surface area contributed by atoms with Crippen molar-refractivity contribution in [3.05, 3.63) is 18.0 Å². The van der Waals surface area contributed by atoms with Crippen LogP contribution in [0.5, 0.6) is 0 Å². The van der Waals surface area contributed by atoms with E-state index in [9.17, 15) is 4.79 Å². The molecule has 72 valence electrons. The fraction of sp³-hybridized carbons (Fsp3) is 0.500. The molecule has 0 aliphatic heterocycles. The van der Waals surface area contributed by atoms with Gasteiger partial charge in [0.05, 0.1) is 25.3 Å². The molecule has 0 aliphatic rings. The standard InChI is InChI=1S/C8H13N3O2/c1-11-7(3-4-10-11)6(9)5-8(12)13-2/h3-4,6H,5,9H2,1-2H3. The molecule has 0 aromatic carbocycles. The summed E-state index contributed by atoms with van der Waals surface area (Å²) in [4.78, 5) is 10.9. The Bertz CT molecular complexity index is 295. The van der Waals surface area contributed by atoms with Crippen LogP contribution in [-0.2, 0) is 16.6 Å². The van der Waals surface area contributed by atoms with Crippen LogP contribution in [0.15, 0.2) is 12.3 Å². The fourth-order valence-electron chi connectivity index (χ4n) is 1.12. The van der Waals surface area contributed by atoms with Crippen molar-refractivity contribution in [2.24, 2.45) is 12.8 Å². The molecule has 0 saturated heterocycles. The van der Waals surface area contributed by atoms with Crippen LogP contribution in [0, 0.1) is 0 Å². The zero-order valence-electron chi connectivity index (χ0n) is 7.73. The van der Waals surface area contributed by atoms with Gasteiger partial charge in [-0.2, -0.15) is 5.10 Å². The first-order chi connectivity index (χ1) is 6.15. The minimum atomic E-state index is -0.347. The second kappa shape index (κ2) is 4.04. The van der Waals surface area contributed by atoms with Gasteiger partial charge in [0.15, 0.2) is 0 Å². The van der Waals surface area contributed by atoms with Gasteiger partial charge in [-0.1, -0.05) is 0 Å². The highest BCUT2D eigenvalue weighted by Crippen LogP contribution is 2.12. The van der Waals surface area contributed by atoms with E-state index < -0.39 is 0 Å². The van der Waals surface area contributed by atoms with Crippen molar-refractivity contribution in [2.45, 2.75) is 12.5 Å². The van der Waals surface area contributed by atoms with Crippen molar-refractivity contribution >= 4 is 5.97 Å². The molecule has 2 N–H and O–H groups in total. The number of carbonyl (C=O) groups is 1. The van der Waals surface area contributed by atoms with Crippen LogP contribution in [0.25, 0.3) is 0 Å². The van der Waals surface area contributed by atoms with Crippen molar-refractivity contribution in [2.75, 3.05) is 7.11 Å². The third-order valence-electron chi connectivity index (χ3n) is 1.85. The van der Waals surface area contributed by atoms with Crippen molar-refractivity contribution in [1.29, 1.82) is 0 Å². The van der Waals surface area contributed by atoms with E-state index in [0.29, 0.717) is 0 Å². The number of ether oxygens (including phenoxy) is 1. The molecule has 1 atom stereocenters. The summed E-state index contributed by atoms with van der Waals surface area (Å²) in [6.07, 6.45) is 1.82. The average Bonchev–Trinajstić information content (AvgIpc) is 2.51. The summed E-state index contributed by atoms with van der Waals surface area (Å²) < 4.78 is 6.16. The number of nitrogens with two attached hydrogens (primary N) is 1. The van der Waals surface area contributed by atoms with Crippen molar-refractivity contribution in [3.63, 3.8) is 0 Å². The minimum absolute atomic E-state index is 0.177. The summed E-state index contributed by atoms with van der Waals surface area (Å²) >= 11 is 0. The predicted octanol–water partition coefficient (Wildman–Crippen LogP) is -0.0170. The third kappa shape index (κ3) is 2.29. The van der Waals surface area contributed by atoms with E-state index in [1.165, 1.54) is 7.11 Å². The van der Waals surface area contributed by atoms with E-state index in [1.54, 1.807) is 24.0 Å². The molecule has 0 bridgehead atoms. The maximum Gasteiger partial charge on any atom is 0.307 e. The lowest BCUT2D eigenvalue weighted by Gasteiger charge is -2.09. The third-order valence-corrected chi connectivity index (χ3v) is 1.85. The number of nitrogens with zero attached hydrogens (tertiary/aromatic N) is 2. The second-order valence-corrected chi connectivity index (χ2v) is 2.77. The van der Waals surface area contributed by atoms with Crippen LogP contribution in [0.1, 0.15) is 18.2 Å². The average molecular weight is 183 g/mol. The number of esters is 1. The molecule has 0 fully saturated rings. The zero-order chi connectivity index (χ0) is 9.84. The Hall–Kier alpha value is -1.36. The van der Waals surface area contributed by atoms with Crippen molar-refractivity contribution in [3.8, 4) is 0 Å². The molecule has 0 amide bonds. The molecule has 0 radical (unpaired) electrons. The Morgan fingerprint density at radius 3 is 3.00 bits per heavy atom. The van der Waals surface area contributed by atoms with Gasteiger partial charge in [-0.25, -0.2) is 0 Å². The maximum absolute atomic E-state index is 10.9. The number of aryl methyl sites for hydroxylation is 1. The van der Waals surface area contributed by atoms with Gasteiger partial charge >= 0.3 is 5.97 Å². The fourth-order valence-corrected chi connectivity index (χ4v) is 1.12. The van der Waals surface area contributed by atoms with Gasteiger partial charge in [0.25, 0.3) is 0 Å². The second-order valence-electron chi connectivity index (χ2n) is 2.77. The van der Waals surface area contributed by atoms with Gasteiger partial charge in [-0.3, -0.25) is 9.48 Å². The summed E-state index contributed by atoms with van der Waals surface area (Å²) in [6, 6.07) is 1.44. The van der Waals surface area contributed by atoms with Crippen molar-refractivity contribution < 1.29 is 9.53 Å². The number of rotatable bonds is 3. The van der Waals surface area contributed by atoms with Gasteiger partial charge in [0.1, 0.15) is 0 Å². The summed E-state index contributed by atoms with van der Waals surface area (Å²) in [5.41, 5.74) is 6.58. The monoisotopic (exact) mass is 183 g/mol. The van der Waals surface area contributed by atoms with E-state index >= 15 is 0 Å². The van der Waals surface area contributed by atoms with Gasteiger partial charge in [0.2, 0.25) is 0 Å². The lowest BCUT2D eigenvalue weighted by molar-refractivity contribution is -0.141. The van der Waals surface area contributed by atoms with Crippen LogP contribution in [0.4, 0.5) is 0 Å². The SMILES string of the molecule is COC(=O)CC(N)c1ccnn1C. The van der Waals surface area contributed by atoms with E-state index in [1.807, 2.05) is 0 Å². The molecule has 0 aliphatic carbocycles. The minimum Gasteiger partial charge on any atom is -0.469 e. The highest BCUT2D eigenvalue weighted by atomic mass is 16.5. The molecular weight excluding hydrogens is 170 g/mol. The molecule has 5 heteroatoms. The number of carbonyl (C=O) groups excluding carboxylic acids is 1. The van der Waals surface area contributed by atoms with Crippen LogP contribution < -0.4 is 5.73 Å². The highest BCUT2D eigenvalue weighted by Gasteiger charge is 2.14. The Balaban J connectivity index is 2.63. The van der Waals surface area contributed by atoms with E-state index in [2.05, 4.69) is 9.84 Å². The smallest absolute Gasteiger partial charge is 0.307 e. The Labute approximate surface area is 76.5 Å². The Kier molecular flexibility index (Phi) is 3.02. The maximum atomic E-state index is 10.9. The predicted molar refractivity (Wildman–Crippen MR) is 46.8 cm³/mol. The Morgan fingerprint density at radius 2 is 2.54 bits per heavy atom.